The van der Waals surface area contributed by atoms with Gasteiger partial charge in [-0.05, 0) is 56.5 Å². The monoisotopic (exact) mass is 538 g/mol. The van der Waals surface area contributed by atoms with Gasteiger partial charge in [-0.15, -0.1) is 0 Å². The van der Waals surface area contributed by atoms with Crippen LogP contribution < -0.4 is 4.90 Å². The Morgan fingerprint density at radius 1 is 0.816 bits per heavy atom. The second-order valence-corrected chi connectivity index (χ2v) is 11.6. The molecular formula is C32H46N2O3S. The molecule has 38 heavy (non-hydrogen) atoms. The van der Waals surface area contributed by atoms with Crippen LogP contribution in [-0.2, 0) is 14.3 Å². The number of anilines is 2. The van der Waals surface area contributed by atoms with Gasteiger partial charge in [0.2, 0.25) is 0 Å². The van der Waals surface area contributed by atoms with Gasteiger partial charge < -0.3 is 19.3 Å². The summed E-state index contributed by atoms with van der Waals surface area (Å²) < 4.78 is 11.4. The van der Waals surface area contributed by atoms with E-state index in [9.17, 15) is 4.79 Å². The lowest BCUT2D eigenvalue weighted by molar-refractivity contribution is -0.146. The number of fused-ring (bicyclic) bond motifs is 2. The third kappa shape index (κ3) is 9.03. The molecule has 2 aromatic carbocycles. The average molecular weight is 539 g/mol. The number of rotatable bonds is 16. The van der Waals surface area contributed by atoms with Gasteiger partial charge in [0.05, 0.1) is 24.1 Å². The highest BCUT2D eigenvalue weighted by Crippen LogP contribution is 2.47. The van der Waals surface area contributed by atoms with Gasteiger partial charge in [0, 0.05) is 35.8 Å². The maximum absolute atomic E-state index is 11.9. The first-order chi connectivity index (χ1) is 18.7. The van der Waals surface area contributed by atoms with Crippen LogP contribution >= 0.6 is 11.8 Å². The van der Waals surface area contributed by atoms with E-state index >= 15 is 0 Å². The Kier molecular flexibility index (Phi) is 12.3. The normalized spacial score (nSPS) is 15.8. The molecule has 0 amide bonds. The largest absolute Gasteiger partial charge is 0.463 e. The predicted molar refractivity (Wildman–Crippen MR) is 158 cm³/mol. The molecule has 0 aromatic heterocycles. The lowest BCUT2D eigenvalue weighted by Crippen LogP contribution is -2.38. The number of carbonyl (C=O) groups excluding carboxylic acids is 1. The summed E-state index contributed by atoms with van der Waals surface area (Å²) >= 11 is 1.87. The van der Waals surface area contributed by atoms with Crippen molar-refractivity contribution in [3.8, 4) is 0 Å². The van der Waals surface area contributed by atoms with Gasteiger partial charge in [-0.25, -0.2) is 0 Å². The molecule has 0 spiro atoms. The van der Waals surface area contributed by atoms with Crippen LogP contribution in [-0.4, -0.2) is 56.4 Å². The van der Waals surface area contributed by atoms with Gasteiger partial charge in [-0.3, -0.25) is 4.79 Å². The maximum atomic E-state index is 11.9. The second-order valence-electron chi connectivity index (χ2n) is 10.5. The minimum absolute atomic E-state index is 0.0745. The number of likely N-dealkylation sites (tertiary alicyclic amines) is 1. The smallest absolute Gasteiger partial charge is 0.305 e. The van der Waals surface area contributed by atoms with Gasteiger partial charge in [0.15, 0.2) is 0 Å². The standard InChI is InChI=1S/C32H46N2O3S/c1-2-3-4-5-6-7-8-18-32(35)37-26-25-36-27-19-23-33(24-20-27)21-13-22-34-28-14-9-11-16-30(28)38-31-17-12-10-15-29(31)34/h9-12,14-17,27H,2-8,13,18-26H2,1H3. The maximum Gasteiger partial charge on any atom is 0.305 e. The van der Waals surface area contributed by atoms with Crippen molar-refractivity contribution >= 4 is 29.1 Å². The molecule has 0 aliphatic carbocycles. The van der Waals surface area contributed by atoms with Crippen LogP contribution in [0.4, 0.5) is 11.4 Å². The molecule has 1 fully saturated rings. The van der Waals surface area contributed by atoms with E-state index in [4.69, 9.17) is 9.47 Å². The highest BCUT2D eigenvalue weighted by molar-refractivity contribution is 7.99. The van der Waals surface area contributed by atoms with Crippen LogP contribution in [0.1, 0.15) is 77.6 Å². The molecule has 2 aliphatic rings. The van der Waals surface area contributed by atoms with Crippen LogP contribution in [0.15, 0.2) is 58.3 Å². The molecule has 6 heteroatoms. The van der Waals surface area contributed by atoms with Crippen LogP contribution in [0.2, 0.25) is 0 Å². The quantitative estimate of drug-likeness (QED) is 0.160. The molecule has 0 unspecified atom stereocenters. The summed E-state index contributed by atoms with van der Waals surface area (Å²) in [6.45, 7) is 7.41. The number of nitrogens with zero attached hydrogens (tertiary/aromatic N) is 2. The van der Waals surface area contributed by atoms with E-state index in [1.165, 1.54) is 53.3 Å². The first kappa shape index (κ1) is 29.0. The molecule has 5 nitrogen and oxygen atoms in total. The fraction of sp³-hybridized carbons (Fsp3) is 0.594. The number of ether oxygens (including phenoxy) is 2. The Morgan fingerprint density at radius 2 is 1.45 bits per heavy atom. The first-order valence-electron chi connectivity index (χ1n) is 14.9. The Balaban J connectivity index is 1.06. The number of hydrogen-bond acceptors (Lipinski definition) is 6. The summed E-state index contributed by atoms with van der Waals surface area (Å²) in [6, 6.07) is 17.5. The molecule has 2 heterocycles. The van der Waals surface area contributed by atoms with Crippen molar-refractivity contribution in [2.75, 3.05) is 44.3 Å². The highest BCUT2D eigenvalue weighted by Gasteiger charge is 2.23. The first-order valence-corrected chi connectivity index (χ1v) is 15.7. The fourth-order valence-corrected chi connectivity index (χ4v) is 6.54. The summed E-state index contributed by atoms with van der Waals surface area (Å²) in [6.07, 6.45) is 12.6. The number of carbonyl (C=O) groups is 1. The fourth-order valence-electron chi connectivity index (χ4n) is 5.44. The second kappa shape index (κ2) is 16.2. The van der Waals surface area contributed by atoms with Crippen molar-refractivity contribution in [2.24, 2.45) is 0 Å². The molecule has 2 aromatic rings. The van der Waals surface area contributed by atoms with Crippen LogP contribution in [0.3, 0.4) is 0 Å². The molecule has 1 saturated heterocycles. The number of para-hydroxylation sites is 2. The summed E-state index contributed by atoms with van der Waals surface area (Å²) in [7, 11) is 0. The Hall–Kier alpha value is -2.02. The Morgan fingerprint density at radius 3 is 2.13 bits per heavy atom. The number of benzene rings is 2. The van der Waals surface area contributed by atoms with Crippen molar-refractivity contribution in [1.82, 2.24) is 4.90 Å². The lowest BCUT2D eigenvalue weighted by Gasteiger charge is -2.35. The van der Waals surface area contributed by atoms with E-state index in [0.29, 0.717) is 19.6 Å². The van der Waals surface area contributed by atoms with E-state index in [1.807, 2.05) is 11.8 Å². The SMILES string of the molecule is CCCCCCCCCC(=O)OCCOC1CCN(CCCN2c3ccccc3Sc3ccccc32)CC1. The van der Waals surface area contributed by atoms with Crippen LogP contribution in [0.25, 0.3) is 0 Å². The third-order valence-electron chi connectivity index (χ3n) is 7.61. The van der Waals surface area contributed by atoms with Crippen molar-refractivity contribution < 1.29 is 14.3 Å². The zero-order valence-electron chi connectivity index (χ0n) is 23.2. The van der Waals surface area contributed by atoms with Gasteiger partial charge >= 0.3 is 5.97 Å². The molecule has 2 aliphatic heterocycles. The summed E-state index contributed by atoms with van der Waals surface area (Å²) in [5, 5.41) is 0. The van der Waals surface area contributed by atoms with Crippen LogP contribution in [0.5, 0.6) is 0 Å². The number of esters is 1. The molecule has 208 valence electrons. The summed E-state index contributed by atoms with van der Waals surface area (Å²) in [5.41, 5.74) is 2.65. The molecule has 4 rings (SSSR count). The Labute approximate surface area is 234 Å². The average Bonchev–Trinajstić information content (AvgIpc) is 2.95. The number of unbranched alkanes of at least 4 members (excludes halogenated alkanes) is 6. The van der Waals surface area contributed by atoms with Crippen molar-refractivity contribution in [2.45, 2.75) is 93.4 Å². The molecule has 0 radical (unpaired) electrons. The molecule has 0 saturated carbocycles. The molecule has 0 N–H and O–H groups in total. The Bertz CT molecular complexity index is 931. The minimum Gasteiger partial charge on any atom is -0.463 e. The van der Waals surface area contributed by atoms with E-state index in [0.717, 1.165) is 58.3 Å². The van der Waals surface area contributed by atoms with Gasteiger partial charge in [-0.2, -0.15) is 0 Å². The summed E-state index contributed by atoms with van der Waals surface area (Å²) in [5.74, 6) is -0.0745. The predicted octanol–water partition coefficient (Wildman–Crippen LogP) is 7.84. The topological polar surface area (TPSA) is 42.0 Å². The highest BCUT2D eigenvalue weighted by atomic mass is 32.2. The van der Waals surface area contributed by atoms with E-state index < -0.39 is 0 Å². The molecular weight excluding hydrogens is 492 g/mol. The van der Waals surface area contributed by atoms with Gasteiger partial charge in [-0.1, -0.05) is 81.5 Å². The van der Waals surface area contributed by atoms with Gasteiger partial charge in [0.1, 0.15) is 6.61 Å². The molecule has 0 atom stereocenters. The van der Waals surface area contributed by atoms with Gasteiger partial charge in [0.25, 0.3) is 0 Å². The lowest BCUT2D eigenvalue weighted by atomic mass is 10.1. The third-order valence-corrected chi connectivity index (χ3v) is 8.74. The molecule has 0 bridgehead atoms. The number of hydrogen-bond donors (Lipinski definition) is 0. The van der Waals surface area contributed by atoms with Crippen molar-refractivity contribution in [3.63, 3.8) is 0 Å². The summed E-state index contributed by atoms with van der Waals surface area (Å²) in [4.78, 5) is 19.7. The zero-order chi connectivity index (χ0) is 26.4. The van der Waals surface area contributed by atoms with Crippen molar-refractivity contribution in [3.05, 3.63) is 48.5 Å². The van der Waals surface area contributed by atoms with E-state index in [1.54, 1.807) is 0 Å². The van der Waals surface area contributed by atoms with Crippen LogP contribution in [0, 0.1) is 0 Å². The minimum atomic E-state index is -0.0745. The van der Waals surface area contributed by atoms with E-state index in [-0.39, 0.29) is 12.1 Å². The number of piperidine rings is 1. The van der Waals surface area contributed by atoms with E-state index in [2.05, 4.69) is 65.3 Å². The van der Waals surface area contributed by atoms with Crippen molar-refractivity contribution in [1.29, 1.82) is 0 Å². The zero-order valence-corrected chi connectivity index (χ0v) is 24.1.